The number of likely N-dealkylation sites (N-methyl/N-ethyl adjacent to an activating group) is 1. The third-order valence-electron chi connectivity index (χ3n) is 3.85. The first-order chi connectivity index (χ1) is 10.1. The van der Waals surface area contributed by atoms with Crippen LogP contribution in [0.3, 0.4) is 0 Å². The van der Waals surface area contributed by atoms with Crippen LogP contribution in [0.25, 0.3) is 0 Å². The van der Waals surface area contributed by atoms with Crippen molar-refractivity contribution in [2.24, 2.45) is 5.73 Å². The van der Waals surface area contributed by atoms with Gasteiger partial charge in [-0.05, 0) is 37.8 Å². The number of nitrogens with zero attached hydrogens (tertiary/aromatic N) is 1. The van der Waals surface area contributed by atoms with Crippen molar-refractivity contribution in [1.29, 1.82) is 0 Å². The minimum Gasteiger partial charge on any atom is -0.378 e. The SMILES string of the molecule is CCNC(=O)C1COCCN1C(c1sccc1C)C(C)N. The lowest BCUT2D eigenvalue weighted by atomic mass is 10.0. The van der Waals surface area contributed by atoms with E-state index in [-0.39, 0.29) is 24.0 Å². The van der Waals surface area contributed by atoms with Crippen LogP contribution in [0.4, 0.5) is 0 Å². The molecule has 3 unspecified atom stereocenters. The average molecular weight is 311 g/mol. The van der Waals surface area contributed by atoms with Gasteiger partial charge in [-0.15, -0.1) is 11.3 Å². The number of carbonyl (C=O) groups excluding carboxylic acids is 1. The van der Waals surface area contributed by atoms with Crippen LogP contribution in [0.15, 0.2) is 11.4 Å². The molecule has 0 radical (unpaired) electrons. The van der Waals surface area contributed by atoms with E-state index in [1.807, 2.05) is 13.8 Å². The van der Waals surface area contributed by atoms with Gasteiger partial charge in [0.1, 0.15) is 6.04 Å². The van der Waals surface area contributed by atoms with Crippen molar-refractivity contribution >= 4 is 17.2 Å². The van der Waals surface area contributed by atoms with Gasteiger partial charge in [-0.25, -0.2) is 0 Å². The van der Waals surface area contributed by atoms with Crippen molar-refractivity contribution in [3.63, 3.8) is 0 Å². The molecule has 0 aromatic carbocycles. The van der Waals surface area contributed by atoms with Crippen LogP contribution in [0.5, 0.6) is 0 Å². The van der Waals surface area contributed by atoms with Gasteiger partial charge in [0.15, 0.2) is 0 Å². The zero-order chi connectivity index (χ0) is 15.4. The average Bonchev–Trinajstić information content (AvgIpc) is 2.86. The van der Waals surface area contributed by atoms with Gasteiger partial charge in [-0.1, -0.05) is 0 Å². The Morgan fingerprint density at radius 1 is 1.67 bits per heavy atom. The number of thiophene rings is 1. The predicted octanol–water partition coefficient (Wildman–Crippen LogP) is 1.28. The van der Waals surface area contributed by atoms with Gasteiger partial charge < -0.3 is 15.8 Å². The molecule has 21 heavy (non-hydrogen) atoms. The van der Waals surface area contributed by atoms with E-state index in [9.17, 15) is 4.79 Å². The van der Waals surface area contributed by atoms with Crippen molar-refractivity contribution in [2.75, 3.05) is 26.3 Å². The largest absolute Gasteiger partial charge is 0.378 e. The monoisotopic (exact) mass is 311 g/mol. The summed E-state index contributed by atoms with van der Waals surface area (Å²) in [4.78, 5) is 15.8. The van der Waals surface area contributed by atoms with Crippen LogP contribution < -0.4 is 11.1 Å². The van der Waals surface area contributed by atoms with Crippen LogP contribution in [0.1, 0.15) is 30.3 Å². The maximum atomic E-state index is 12.3. The van der Waals surface area contributed by atoms with Crippen LogP contribution in [0.2, 0.25) is 0 Å². The maximum Gasteiger partial charge on any atom is 0.239 e. The molecule has 0 spiro atoms. The number of rotatable bonds is 5. The Morgan fingerprint density at radius 2 is 2.43 bits per heavy atom. The minimum atomic E-state index is -0.267. The Kier molecular flexibility index (Phi) is 5.75. The van der Waals surface area contributed by atoms with Crippen LogP contribution >= 0.6 is 11.3 Å². The fourth-order valence-corrected chi connectivity index (χ4v) is 4.01. The van der Waals surface area contributed by atoms with Crippen molar-refractivity contribution < 1.29 is 9.53 Å². The number of hydrogen-bond donors (Lipinski definition) is 2. The summed E-state index contributed by atoms with van der Waals surface area (Å²) in [6, 6.07) is 1.85. The molecule has 2 heterocycles. The summed E-state index contributed by atoms with van der Waals surface area (Å²) in [7, 11) is 0. The first-order valence-corrected chi connectivity index (χ1v) is 8.35. The molecule has 0 aliphatic carbocycles. The molecular formula is C15H25N3O2S. The molecular weight excluding hydrogens is 286 g/mol. The summed E-state index contributed by atoms with van der Waals surface area (Å²) in [6.07, 6.45) is 0. The topological polar surface area (TPSA) is 67.6 Å². The first-order valence-electron chi connectivity index (χ1n) is 7.47. The van der Waals surface area contributed by atoms with Gasteiger partial charge in [0, 0.05) is 24.0 Å². The molecule has 2 rings (SSSR count). The summed E-state index contributed by atoms with van der Waals surface area (Å²) < 4.78 is 5.52. The fraction of sp³-hybridized carbons (Fsp3) is 0.667. The zero-order valence-corrected chi connectivity index (χ0v) is 13.8. The number of amides is 1. The van der Waals surface area contributed by atoms with Gasteiger partial charge in [0.05, 0.1) is 19.3 Å². The van der Waals surface area contributed by atoms with Crippen molar-refractivity contribution in [2.45, 2.75) is 38.9 Å². The second kappa shape index (κ2) is 7.35. The van der Waals surface area contributed by atoms with Crippen molar-refractivity contribution in [3.8, 4) is 0 Å². The maximum absolute atomic E-state index is 12.3. The number of nitrogens with one attached hydrogen (secondary N) is 1. The summed E-state index contributed by atoms with van der Waals surface area (Å²) in [5.74, 6) is 0.0251. The molecule has 0 bridgehead atoms. The number of carbonyl (C=O) groups is 1. The summed E-state index contributed by atoms with van der Waals surface area (Å²) in [5, 5.41) is 4.99. The molecule has 1 saturated heterocycles. The molecule has 1 aromatic rings. The smallest absolute Gasteiger partial charge is 0.239 e. The highest BCUT2D eigenvalue weighted by Crippen LogP contribution is 2.33. The van der Waals surface area contributed by atoms with Crippen LogP contribution in [-0.4, -0.2) is 49.2 Å². The van der Waals surface area contributed by atoms with Gasteiger partial charge in [0.25, 0.3) is 0 Å². The van der Waals surface area contributed by atoms with Gasteiger partial charge in [-0.3, -0.25) is 9.69 Å². The number of morpholine rings is 1. The summed E-state index contributed by atoms with van der Waals surface area (Å²) in [6.45, 7) is 8.47. The molecule has 0 saturated carbocycles. The van der Waals surface area contributed by atoms with E-state index in [1.54, 1.807) is 11.3 Å². The minimum absolute atomic E-state index is 0.0251. The zero-order valence-electron chi connectivity index (χ0n) is 13.0. The number of ether oxygens (including phenoxy) is 1. The number of hydrogen-bond acceptors (Lipinski definition) is 5. The Morgan fingerprint density at radius 3 is 3.00 bits per heavy atom. The highest BCUT2D eigenvalue weighted by Gasteiger charge is 2.37. The van der Waals surface area contributed by atoms with Crippen LogP contribution in [-0.2, 0) is 9.53 Å². The highest BCUT2D eigenvalue weighted by molar-refractivity contribution is 7.10. The second-order valence-electron chi connectivity index (χ2n) is 5.49. The third kappa shape index (κ3) is 3.63. The third-order valence-corrected chi connectivity index (χ3v) is 4.94. The quantitative estimate of drug-likeness (QED) is 0.860. The van der Waals surface area contributed by atoms with E-state index < -0.39 is 0 Å². The molecule has 1 aromatic heterocycles. The number of aryl methyl sites for hydroxylation is 1. The number of nitrogens with two attached hydrogens (primary N) is 1. The Balaban J connectivity index is 2.28. The van der Waals surface area contributed by atoms with E-state index in [2.05, 4.69) is 28.6 Å². The fourth-order valence-electron chi connectivity index (χ4n) is 2.85. The highest BCUT2D eigenvalue weighted by atomic mass is 32.1. The lowest BCUT2D eigenvalue weighted by molar-refractivity contribution is -0.135. The van der Waals surface area contributed by atoms with Crippen molar-refractivity contribution in [3.05, 3.63) is 21.9 Å². The normalized spacial score (nSPS) is 22.8. The molecule has 1 aliphatic heterocycles. The van der Waals surface area contributed by atoms with E-state index in [0.717, 1.165) is 6.54 Å². The molecule has 3 atom stereocenters. The van der Waals surface area contributed by atoms with Gasteiger partial charge >= 0.3 is 0 Å². The second-order valence-corrected chi connectivity index (χ2v) is 6.44. The molecule has 118 valence electrons. The van der Waals surface area contributed by atoms with E-state index in [1.165, 1.54) is 10.4 Å². The van der Waals surface area contributed by atoms with E-state index in [4.69, 9.17) is 10.5 Å². The van der Waals surface area contributed by atoms with E-state index in [0.29, 0.717) is 19.8 Å². The molecule has 6 heteroatoms. The summed E-state index contributed by atoms with van der Waals surface area (Å²) >= 11 is 1.71. The van der Waals surface area contributed by atoms with Crippen LogP contribution in [0, 0.1) is 6.92 Å². The predicted molar refractivity (Wildman–Crippen MR) is 85.4 cm³/mol. The molecule has 1 amide bonds. The molecule has 3 N–H and O–H groups in total. The first kappa shape index (κ1) is 16.4. The van der Waals surface area contributed by atoms with E-state index >= 15 is 0 Å². The molecule has 1 aliphatic rings. The Bertz CT molecular complexity index is 475. The Labute approximate surface area is 130 Å². The van der Waals surface area contributed by atoms with Gasteiger partial charge in [0.2, 0.25) is 5.91 Å². The molecule has 1 fully saturated rings. The van der Waals surface area contributed by atoms with Crippen molar-refractivity contribution in [1.82, 2.24) is 10.2 Å². The summed E-state index contributed by atoms with van der Waals surface area (Å²) in [5.41, 5.74) is 7.50. The lowest BCUT2D eigenvalue weighted by Crippen LogP contribution is -2.57. The lowest BCUT2D eigenvalue weighted by Gasteiger charge is -2.41. The standard InChI is InChI=1S/C15H25N3O2S/c1-4-17-15(19)12-9-20-7-6-18(12)13(11(3)16)14-10(2)5-8-21-14/h5,8,11-13H,4,6-7,9,16H2,1-3H3,(H,17,19). The molecule has 5 nitrogen and oxygen atoms in total. The van der Waals surface area contributed by atoms with Gasteiger partial charge in [-0.2, -0.15) is 0 Å². The Hall–Kier alpha value is -0.950.